The number of halogens is 3. The second kappa shape index (κ2) is 4.93. The molecule has 2 rings (SSSR count). The van der Waals surface area contributed by atoms with Crippen molar-refractivity contribution in [1.82, 2.24) is 5.27 Å². The summed E-state index contributed by atoms with van der Waals surface area (Å²) in [5, 5.41) is 12.3. The minimum atomic E-state index is -1.87. The second-order valence-corrected chi connectivity index (χ2v) is 5.88. The van der Waals surface area contributed by atoms with Crippen LogP contribution in [0.4, 0.5) is 0 Å². The molecule has 1 unspecified atom stereocenters. The zero-order chi connectivity index (χ0) is 13.3. The fraction of sp³-hybridized carbons (Fsp3) is 0.200. The summed E-state index contributed by atoms with van der Waals surface area (Å²) >= 11 is 17.0. The highest BCUT2D eigenvalue weighted by Crippen LogP contribution is 2.40. The van der Waals surface area contributed by atoms with Crippen molar-refractivity contribution in [1.29, 1.82) is 0 Å². The molecule has 96 valence electrons. The number of nitrogens with one attached hydrogen (secondary N) is 1. The molecule has 0 aliphatic rings. The summed E-state index contributed by atoms with van der Waals surface area (Å²) < 4.78 is 3.96. The van der Waals surface area contributed by atoms with Crippen molar-refractivity contribution in [3.8, 4) is 5.69 Å². The summed E-state index contributed by atoms with van der Waals surface area (Å²) in [7, 11) is 0. The quantitative estimate of drug-likeness (QED) is 0.654. The maximum Gasteiger partial charge on any atom is 0.427 e. The molecule has 0 amide bonds. The fourth-order valence-electron chi connectivity index (χ4n) is 1.49. The van der Waals surface area contributed by atoms with Crippen molar-refractivity contribution in [2.24, 2.45) is 0 Å². The Morgan fingerprint density at radius 1 is 1.33 bits per heavy atom. The molecule has 0 saturated carbocycles. The summed E-state index contributed by atoms with van der Waals surface area (Å²) in [4.78, 5) is 11.0. The molecular formula is C10H8Cl3N2O3+. The monoisotopic (exact) mass is 309 g/mol. The minimum Gasteiger partial charge on any atom is -0.384 e. The average molecular weight is 311 g/mol. The van der Waals surface area contributed by atoms with Crippen LogP contribution in [0.25, 0.3) is 5.69 Å². The summed E-state index contributed by atoms with van der Waals surface area (Å²) in [6.07, 6.45) is -0.172. The fourth-order valence-corrected chi connectivity index (χ4v) is 1.84. The summed E-state index contributed by atoms with van der Waals surface area (Å²) in [6, 6.07) is 6.61. The van der Waals surface area contributed by atoms with Crippen LogP contribution in [-0.2, 0) is 0 Å². The highest BCUT2D eigenvalue weighted by Gasteiger charge is 2.36. The number of benzene rings is 1. The van der Waals surface area contributed by atoms with Crippen molar-refractivity contribution in [2.45, 2.75) is 9.90 Å². The Balaban J connectivity index is 2.53. The van der Waals surface area contributed by atoms with Crippen LogP contribution in [-0.4, -0.2) is 14.2 Å². The van der Waals surface area contributed by atoms with Crippen LogP contribution >= 0.6 is 34.8 Å². The van der Waals surface area contributed by atoms with Gasteiger partial charge in [0.1, 0.15) is 6.10 Å². The Bertz CT molecular complexity index is 603. The van der Waals surface area contributed by atoms with Gasteiger partial charge in [0.2, 0.25) is 9.48 Å². The smallest absolute Gasteiger partial charge is 0.384 e. The van der Waals surface area contributed by atoms with Crippen LogP contribution in [0.15, 0.2) is 39.8 Å². The summed E-state index contributed by atoms with van der Waals surface area (Å²) in [6.45, 7) is 0. The van der Waals surface area contributed by atoms with Crippen LogP contribution in [0.3, 0.4) is 0 Å². The third-order valence-corrected chi connectivity index (χ3v) is 2.90. The first-order valence-electron chi connectivity index (χ1n) is 4.84. The first kappa shape index (κ1) is 13.4. The maximum atomic E-state index is 11.0. The zero-order valence-electron chi connectivity index (χ0n) is 8.81. The van der Waals surface area contributed by atoms with Gasteiger partial charge in [-0.15, -0.1) is 0 Å². The Labute approximate surface area is 116 Å². The molecule has 2 N–H and O–H groups in total. The number of H-pyrrole nitrogens is 1. The van der Waals surface area contributed by atoms with E-state index in [1.165, 1.54) is 10.9 Å². The number of para-hydroxylation sites is 1. The highest BCUT2D eigenvalue weighted by atomic mass is 35.6. The number of nitrogens with zero attached hydrogens (tertiary/aromatic N) is 1. The number of alkyl halides is 3. The van der Waals surface area contributed by atoms with Crippen LogP contribution in [0.1, 0.15) is 11.7 Å². The normalized spacial score (nSPS) is 13.6. The Hall–Kier alpha value is -1.01. The molecule has 1 aromatic carbocycles. The lowest BCUT2D eigenvalue weighted by Gasteiger charge is -2.18. The molecule has 0 bridgehead atoms. The van der Waals surface area contributed by atoms with E-state index in [4.69, 9.17) is 34.8 Å². The van der Waals surface area contributed by atoms with E-state index >= 15 is 0 Å². The van der Waals surface area contributed by atoms with E-state index in [1.54, 1.807) is 24.3 Å². The second-order valence-electron chi connectivity index (χ2n) is 3.51. The van der Waals surface area contributed by atoms with Crippen molar-refractivity contribution >= 4 is 34.8 Å². The Morgan fingerprint density at radius 3 is 2.56 bits per heavy atom. The van der Waals surface area contributed by atoms with Gasteiger partial charge in [-0.2, -0.15) is 0 Å². The number of hydrogen-bond acceptors (Lipinski definition) is 3. The maximum absolute atomic E-state index is 11.0. The molecule has 2 aromatic rings. The lowest BCUT2D eigenvalue weighted by Crippen LogP contribution is -2.35. The van der Waals surface area contributed by atoms with Gasteiger partial charge in [0.25, 0.3) is 6.20 Å². The van der Waals surface area contributed by atoms with Crippen LogP contribution < -0.4 is 10.3 Å². The number of aliphatic hydroxyl groups excluding tert-OH is 1. The first-order chi connectivity index (χ1) is 8.39. The molecule has 0 saturated heterocycles. The topological polar surface area (TPSA) is 70.1 Å². The predicted molar refractivity (Wildman–Crippen MR) is 66.1 cm³/mol. The average Bonchev–Trinajstić information content (AvgIpc) is 2.73. The number of aromatic amines is 1. The molecule has 5 nitrogen and oxygen atoms in total. The molecule has 1 aromatic heterocycles. The number of rotatable bonds is 2. The molecule has 18 heavy (non-hydrogen) atoms. The summed E-state index contributed by atoms with van der Waals surface area (Å²) in [5.41, 5.74) is 0.231. The predicted octanol–water partition coefficient (Wildman–Crippen LogP) is 1.65. The van der Waals surface area contributed by atoms with Crippen LogP contribution in [0.2, 0.25) is 0 Å². The van der Waals surface area contributed by atoms with E-state index in [-0.39, 0.29) is 0 Å². The molecule has 8 heteroatoms. The Kier molecular flexibility index (Phi) is 3.68. The molecule has 0 aliphatic carbocycles. The van der Waals surface area contributed by atoms with Gasteiger partial charge in [-0.05, 0) is 16.0 Å². The van der Waals surface area contributed by atoms with Crippen molar-refractivity contribution in [2.75, 3.05) is 0 Å². The van der Waals surface area contributed by atoms with Gasteiger partial charge in [0.15, 0.2) is 0 Å². The molecule has 0 spiro atoms. The van der Waals surface area contributed by atoms with E-state index < -0.39 is 15.5 Å². The number of aliphatic hydroxyl groups is 1. The molecule has 1 atom stereocenters. The molecule has 0 aliphatic heterocycles. The van der Waals surface area contributed by atoms with E-state index in [0.717, 1.165) is 0 Å². The Morgan fingerprint density at radius 2 is 2.00 bits per heavy atom. The van der Waals surface area contributed by atoms with E-state index in [1.807, 2.05) is 0 Å². The van der Waals surface area contributed by atoms with Gasteiger partial charge in [0, 0.05) is 6.07 Å². The van der Waals surface area contributed by atoms with Crippen LogP contribution in [0.5, 0.6) is 0 Å². The number of aromatic nitrogens is 2. The lowest BCUT2D eigenvalue weighted by atomic mass is 10.1. The van der Waals surface area contributed by atoms with Crippen LogP contribution in [0, 0.1) is 0 Å². The van der Waals surface area contributed by atoms with E-state index in [0.29, 0.717) is 11.3 Å². The van der Waals surface area contributed by atoms with Gasteiger partial charge in [-0.25, -0.2) is 4.79 Å². The van der Waals surface area contributed by atoms with Crippen molar-refractivity contribution in [3.63, 3.8) is 0 Å². The molecule has 1 heterocycles. The van der Waals surface area contributed by atoms with E-state index in [9.17, 15) is 9.90 Å². The molecule has 0 fully saturated rings. The first-order valence-corrected chi connectivity index (χ1v) is 5.97. The standard InChI is InChI=1S/C10H7Cl3N2O3/c11-10(12,13)9(17)6-3-1-2-4-7(6)15-5-8(16)18-14-15/h1-5,9,17H/p+1. The molecular weight excluding hydrogens is 302 g/mol. The van der Waals surface area contributed by atoms with Gasteiger partial charge in [0.05, 0.1) is 5.56 Å². The molecule has 0 radical (unpaired) electrons. The van der Waals surface area contributed by atoms with E-state index in [2.05, 4.69) is 9.79 Å². The van der Waals surface area contributed by atoms with Gasteiger partial charge < -0.3 is 5.11 Å². The number of hydrogen-bond donors (Lipinski definition) is 2. The van der Waals surface area contributed by atoms with Crippen molar-refractivity contribution < 1.29 is 14.3 Å². The van der Waals surface area contributed by atoms with Crippen molar-refractivity contribution in [3.05, 3.63) is 46.4 Å². The lowest BCUT2D eigenvalue weighted by molar-refractivity contribution is -0.671. The third-order valence-electron chi connectivity index (χ3n) is 2.28. The highest BCUT2D eigenvalue weighted by molar-refractivity contribution is 6.68. The zero-order valence-corrected chi connectivity index (χ0v) is 11.1. The largest absolute Gasteiger partial charge is 0.427 e. The summed E-state index contributed by atoms with van der Waals surface area (Å²) in [5.74, 6) is 0. The van der Waals surface area contributed by atoms with Gasteiger partial charge in [-0.1, -0.05) is 46.9 Å². The third kappa shape index (κ3) is 2.70. The van der Waals surface area contributed by atoms with Gasteiger partial charge >= 0.3 is 5.63 Å². The van der Waals surface area contributed by atoms with Gasteiger partial charge in [-0.3, -0.25) is 4.52 Å². The SMILES string of the molecule is O=c1c[n+](-c2ccccc2C(O)C(Cl)(Cl)Cl)[nH]o1. The minimum absolute atomic E-state index is 0.347.